The average molecular weight is 399 g/mol. The average Bonchev–Trinajstić information content (AvgIpc) is 3.10. The van der Waals surface area contributed by atoms with Crippen molar-refractivity contribution in [1.82, 2.24) is 9.55 Å². The van der Waals surface area contributed by atoms with E-state index in [9.17, 15) is 4.79 Å². The molecule has 0 fully saturated rings. The van der Waals surface area contributed by atoms with Crippen molar-refractivity contribution < 1.29 is 19.0 Å². The third kappa shape index (κ3) is 4.81. The summed E-state index contributed by atoms with van der Waals surface area (Å²) < 4.78 is 19.1. The van der Waals surface area contributed by atoms with Gasteiger partial charge in [0.1, 0.15) is 23.4 Å². The lowest BCUT2D eigenvalue weighted by Crippen LogP contribution is -2.27. The molecule has 0 saturated carbocycles. The maximum Gasteiger partial charge on any atom is 0.311 e. The van der Waals surface area contributed by atoms with Gasteiger partial charge in [-0.1, -0.05) is 0 Å². The van der Waals surface area contributed by atoms with Gasteiger partial charge < -0.3 is 18.8 Å². The standard InChI is InChI=1S/C23H30N2O4/c1-6-27-22(26)23(3,4)10-7-13-28-18-8-9-20-17(14-18)15-19(16(2)29-20)21-24-11-12-25(21)5/h8-9,11-12,14-16H,6-7,10,13H2,1-5H3. The number of hydrogen-bond acceptors (Lipinski definition) is 5. The number of fused-ring (bicyclic) bond motifs is 1. The van der Waals surface area contributed by atoms with Gasteiger partial charge >= 0.3 is 5.97 Å². The molecule has 29 heavy (non-hydrogen) atoms. The zero-order valence-corrected chi connectivity index (χ0v) is 17.9. The second kappa shape index (κ2) is 8.72. The van der Waals surface area contributed by atoms with Crippen LogP contribution in [-0.2, 0) is 16.6 Å². The van der Waals surface area contributed by atoms with Crippen LogP contribution in [0, 0.1) is 5.41 Å². The maximum atomic E-state index is 12.0. The van der Waals surface area contributed by atoms with Crippen LogP contribution in [0.1, 0.15) is 51.9 Å². The Balaban J connectivity index is 1.64. The molecule has 156 valence electrons. The molecule has 0 N–H and O–H groups in total. The van der Waals surface area contributed by atoms with Gasteiger partial charge in [0, 0.05) is 30.6 Å². The molecule has 1 aliphatic rings. The lowest BCUT2D eigenvalue weighted by atomic mass is 9.88. The van der Waals surface area contributed by atoms with Crippen molar-refractivity contribution in [2.45, 2.75) is 46.6 Å². The van der Waals surface area contributed by atoms with Crippen LogP contribution < -0.4 is 9.47 Å². The summed E-state index contributed by atoms with van der Waals surface area (Å²) >= 11 is 0. The predicted octanol–water partition coefficient (Wildman–Crippen LogP) is 4.49. The molecule has 6 heteroatoms. The van der Waals surface area contributed by atoms with Crippen molar-refractivity contribution >= 4 is 17.6 Å². The molecule has 6 nitrogen and oxygen atoms in total. The Hall–Kier alpha value is -2.76. The summed E-state index contributed by atoms with van der Waals surface area (Å²) in [7, 11) is 1.97. The van der Waals surface area contributed by atoms with Crippen LogP contribution in [0.4, 0.5) is 0 Å². The van der Waals surface area contributed by atoms with E-state index in [1.165, 1.54) is 0 Å². The van der Waals surface area contributed by atoms with Gasteiger partial charge in [-0.15, -0.1) is 0 Å². The molecule has 0 aliphatic carbocycles. The van der Waals surface area contributed by atoms with Crippen molar-refractivity contribution in [2.24, 2.45) is 12.5 Å². The summed E-state index contributed by atoms with van der Waals surface area (Å²) in [4.78, 5) is 16.4. The summed E-state index contributed by atoms with van der Waals surface area (Å²) in [6.45, 7) is 8.61. The molecule has 0 amide bonds. The summed E-state index contributed by atoms with van der Waals surface area (Å²) in [5, 5.41) is 0. The first-order valence-electron chi connectivity index (χ1n) is 10.1. The molecule has 0 bridgehead atoms. The number of benzene rings is 1. The fourth-order valence-corrected chi connectivity index (χ4v) is 3.40. The van der Waals surface area contributed by atoms with E-state index < -0.39 is 5.41 Å². The van der Waals surface area contributed by atoms with E-state index in [0.29, 0.717) is 19.6 Å². The highest BCUT2D eigenvalue weighted by Crippen LogP contribution is 2.36. The Morgan fingerprint density at radius 1 is 1.34 bits per heavy atom. The first-order valence-corrected chi connectivity index (χ1v) is 10.1. The van der Waals surface area contributed by atoms with Crippen LogP contribution in [0.25, 0.3) is 11.6 Å². The molecule has 1 atom stereocenters. The molecule has 0 radical (unpaired) electrons. The van der Waals surface area contributed by atoms with E-state index in [4.69, 9.17) is 14.2 Å². The summed E-state index contributed by atoms with van der Waals surface area (Å²) in [5.74, 6) is 2.36. The van der Waals surface area contributed by atoms with E-state index in [-0.39, 0.29) is 12.1 Å². The zero-order valence-electron chi connectivity index (χ0n) is 17.9. The van der Waals surface area contributed by atoms with Crippen LogP contribution in [-0.4, -0.2) is 34.8 Å². The number of aromatic nitrogens is 2. The van der Waals surface area contributed by atoms with Crippen LogP contribution in [0.15, 0.2) is 30.6 Å². The Morgan fingerprint density at radius 2 is 2.14 bits per heavy atom. The molecule has 1 aliphatic heterocycles. The quantitative estimate of drug-likeness (QED) is 0.484. The summed E-state index contributed by atoms with van der Waals surface area (Å²) in [6, 6.07) is 5.84. The van der Waals surface area contributed by atoms with E-state index in [2.05, 4.69) is 11.1 Å². The van der Waals surface area contributed by atoms with Crippen molar-refractivity contribution in [3.05, 3.63) is 42.0 Å². The number of ether oxygens (including phenoxy) is 3. The second-order valence-electron chi connectivity index (χ2n) is 7.98. The van der Waals surface area contributed by atoms with E-state index in [1.54, 1.807) is 6.20 Å². The number of carbonyl (C=O) groups is 1. The monoisotopic (exact) mass is 398 g/mol. The number of carbonyl (C=O) groups excluding carboxylic acids is 1. The van der Waals surface area contributed by atoms with Gasteiger partial charge in [-0.3, -0.25) is 4.79 Å². The van der Waals surface area contributed by atoms with Gasteiger partial charge in [0.2, 0.25) is 0 Å². The van der Waals surface area contributed by atoms with Crippen LogP contribution in [0.2, 0.25) is 0 Å². The predicted molar refractivity (Wildman–Crippen MR) is 113 cm³/mol. The third-order valence-corrected chi connectivity index (χ3v) is 5.16. The molecule has 1 aromatic carbocycles. The molecular weight excluding hydrogens is 368 g/mol. The summed E-state index contributed by atoms with van der Waals surface area (Å²) in [5.41, 5.74) is 1.52. The van der Waals surface area contributed by atoms with Gasteiger partial charge in [-0.05, 0) is 64.8 Å². The molecule has 1 unspecified atom stereocenters. The van der Waals surface area contributed by atoms with Crippen molar-refractivity contribution in [1.29, 1.82) is 0 Å². The first-order chi connectivity index (χ1) is 13.8. The number of rotatable bonds is 8. The molecular formula is C23H30N2O4. The molecule has 2 aromatic rings. The minimum Gasteiger partial charge on any atom is -0.494 e. The number of imidazole rings is 1. The highest BCUT2D eigenvalue weighted by molar-refractivity contribution is 5.85. The topological polar surface area (TPSA) is 62.6 Å². The SMILES string of the molecule is CCOC(=O)C(C)(C)CCCOc1ccc2c(c1)C=C(c1nccn1C)C(C)O2. The Labute approximate surface area is 172 Å². The van der Waals surface area contributed by atoms with Crippen LogP contribution in [0.5, 0.6) is 11.5 Å². The fraction of sp³-hybridized carbons (Fsp3) is 0.478. The number of aryl methyl sites for hydroxylation is 1. The Kier molecular flexibility index (Phi) is 6.30. The number of esters is 1. The van der Waals surface area contributed by atoms with E-state index in [1.807, 2.05) is 63.7 Å². The highest BCUT2D eigenvalue weighted by atomic mass is 16.5. The van der Waals surface area contributed by atoms with E-state index >= 15 is 0 Å². The van der Waals surface area contributed by atoms with E-state index in [0.717, 1.165) is 34.9 Å². The van der Waals surface area contributed by atoms with Crippen molar-refractivity contribution in [3.8, 4) is 11.5 Å². The number of nitrogens with zero attached hydrogens (tertiary/aromatic N) is 2. The first kappa shape index (κ1) is 21.0. The Morgan fingerprint density at radius 3 is 2.83 bits per heavy atom. The maximum absolute atomic E-state index is 12.0. The summed E-state index contributed by atoms with van der Waals surface area (Å²) in [6.07, 6.45) is 7.24. The van der Waals surface area contributed by atoms with Gasteiger partial charge in [0.15, 0.2) is 0 Å². The van der Waals surface area contributed by atoms with Crippen molar-refractivity contribution in [2.75, 3.05) is 13.2 Å². The molecule has 1 aromatic heterocycles. The van der Waals surface area contributed by atoms with Crippen LogP contribution in [0.3, 0.4) is 0 Å². The second-order valence-corrected chi connectivity index (χ2v) is 7.98. The van der Waals surface area contributed by atoms with Gasteiger partial charge in [-0.2, -0.15) is 0 Å². The van der Waals surface area contributed by atoms with Gasteiger partial charge in [0.05, 0.1) is 18.6 Å². The molecule has 0 spiro atoms. The fourth-order valence-electron chi connectivity index (χ4n) is 3.40. The normalized spacial score (nSPS) is 15.9. The minimum atomic E-state index is -0.501. The Bertz CT molecular complexity index is 898. The third-order valence-electron chi connectivity index (χ3n) is 5.16. The van der Waals surface area contributed by atoms with Crippen LogP contribution >= 0.6 is 0 Å². The lowest BCUT2D eigenvalue weighted by molar-refractivity contribution is -0.153. The molecule has 3 rings (SSSR count). The molecule has 2 heterocycles. The smallest absolute Gasteiger partial charge is 0.311 e. The minimum absolute atomic E-state index is 0.0690. The number of hydrogen-bond donors (Lipinski definition) is 0. The lowest BCUT2D eigenvalue weighted by Gasteiger charge is -2.25. The largest absolute Gasteiger partial charge is 0.494 e. The zero-order chi connectivity index (χ0) is 21.0. The highest BCUT2D eigenvalue weighted by Gasteiger charge is 2.28. The van der Waals surface area contributed by atoms with Crippen molar-refractivity contribution in [3.63, 3.8) is 0 Å². The van der Waals surface area contributed by atoms with Gasteiger partial charge in [-0.25, -0.2) is 4.98 Å². The molecule has 0 saturated heterocycles. The van der Waals surface area contributed by atoms with Gasteiger partial charge in [0.25, 0.3) is 0 Å².